The molecule has 1 aromatic carbocycles. The van der Waals surface area contributed by atoms with Crippen molar-refractivity contribution in [1.82, 2.24) is 14.5 Å². The molecule has 0 amide bonds. The van der Waals surface area contributed by atoms with Gasteiger partial charge in [0.05, 0.1) is 4.90 Å². The zero-order valence-corrected chi connectivity index (χ0v) is 15.2. The molecule has 0 bridgehead atoms. The van der Waals surface area contributed by atoms with E-state index in [-0.39, 0.29) is 4.90 Å². The van der Waals surface area contributed by atoms with Crippen LogP contribution >= 0.6 is 12.2 Å². The average molecular weight is 357 g/mol. The van der Waals surface area contributed by atoms with Crippen LogP contribution in [-0.2, 0) is 10.0 Å². The fraction of sp³-hybridized carbons (Fsp3) is 0.533. The molecule has 8 heteroatoms. The van der Waals surface area contributed by atoms with Gasteiger partial charge in [-0.15, -0.1) is 0 Å². The zero-order chi connectivity index (χ0) is 16.9. The lowest BCUT2D eigenvalue weighted by molar-refractivity contribution is 0.344. The third-order valence-corrected chi connectivity index (χ3v) is 5.84. The number of sulfonamides is 1. The molecule has 23 heavy (non-hydrogen) atoms. The van der Waals surface area contributed by atoms with Crippen molar-refractivity contribution in [3.63, 3.8) is 0 Å². The van der Waals surface area contributed by atoms with Gasteiger partial charge in [-0.3, -0.25) is 0 Å². The highest BCUT2D eigenvalue weighted by atomic mass is 32.2. The zero-order valence-electron chi connectivity index (χ0n) is 13.6. The van der Waals surface area contributed by atoms with E-state index in [9.17, 15) is 8.42 Å². The molecule has 1 aromatic rings. The van der Waals surface area contributed by atoms with Gasteiger partial charge in [-0.05, 0) is 56.3 Å². The number of nitrogens with zero attached hydrogens (tertiary/aromatic N) is 2. The van der Waals surface area contributed by atoms with Gasteiger partial charge < -0.3 is 15.5 Å². The molecule has 1 heterocycles. The molecule has 0 atom stereocenters. The van der Waals surface area contributed by atoms with Gasteiger partial charge in [0.25, 0.3) is 0 Å². The van der Waals surface area contributed by atoms with E-state index in [4.69, 9.17) is 12.2 Å². The molecule has 1 aliphatic rings. The maximum absolute atomic E-state index is 12.1. The molecule has 0 unspecified atom stereocenters. The van der Waals surface area contributed by atoms with Gasteiger partial charge in [0.1, 0.15) is 0 Å². The van der Waals surface area contributed by atoms with Gasteiger partial charge in [-0.1, -0.05) is 6.07 Å². The second-order valence-electron chi connectivity index (χ2n) is 5.74. The number of rotatable bonds is 6. The van der Waals surface area contributed by atoms with E-state index in [1.54, 1.807) is 24.3 Å². The van der Waals surface area contributed by atoms with Crippen molar-refractivity contribution in [1.29, 1.82) is 0 Å². The lowest BCUT2D eigenvalue weighted by Crippen LogP contribution is -2.35. The maximum Gasteiger partial charge on any atom is 0.242 e. The first-order valence-corrected chi connectivity index (χ1v) is 9.54. The molecule has 1 saturated heterocycles. The number of thiocarbonyl (C=S) groups is 1. The Hall–Kier alpha value is -1.22. The Morgan fingerprint density at radius 2 is 2.00 bits per heavy atom. The molecule has 0 saturated carbocycles. The van der Waals surface area contributed by atoms with Crippen molar-refractivity contribution in [3.8, 4) is 0 Å². The Balaban J connectivity index is 1.88. The summed E-state index contributed by atoms with van der Waals surface area (Å²) in [5, 5.41) is 6.70. The van der Waals surface area contributed by atoms with Gasteiger partial charge in [-0.2, -0.15) is 0 Å². The quantitative estimate of drug-likeness (QED) is 0.750. The lowest BCUT2D eigenvalue weighted by Gasteiger charge is -2.17. The minimum Gasteiger partial charge on any atom is -0.361 e. The SMILES string of the molecule is CN(C)S(=O)(=O)c1cccc(NC(=S)NCCN2CCCC2)c1. The van der Waals surface area contributed by atoms with Crippen LogP contribution in [0.15, 0.2) is 29.2 Å². The van der Waals surface area contributed by atoms with E-state index in [1.807, 2.05) is 0 Å². The number of hydrogen-bond donors (Lipinski definition) is 2. The highest BCUT2D eigenvalue weighted by molar-refractivity contribution is 7.89. The first-order valence-electron chi connectivity index (χ1n) is 7.69. The fourth-order valence-electron chi connectivity index (χ4n) is 2.45. The largest absolute Gasteiger partial charge is 0.361 e. The molecule has 1 aliphatic heterocycles. The van der Waals surface area contributed by atoms with Crippen molar-refractivity contribution in [2.75, 3.05) is 45.6 Å². The highest BCUT2D eigenvalue weighted by Crippen LogP contribution is 2.17. The third-order valence-electron chi connectivity index (χ3n) is 3.78. The minimum absolute atomic E-state index is 0.243. The van der Waals surface area contributed by atoms with Gasteiger partial charge >= 0.3 is 0 Å². The Morgan fingerprint density at radius 3 is 2.65 bits per heavy atom. The molecule has 128 valence electrons. The van der Waals surface area contributed by atoms with Crippen LogP contribution in [0.4, 0.5) is 5.69 Å². The highest BCUT2D eigenvalue weighted by Gasteiger charge is 2.17. The molecule has 6 nitrogen and oxygen atoms in total. The van der Waals surface area contributed by atoms with Gasteiger partial charge in [0, 0.05) is 32.9 Å². The molecule has 0 radical (unpaired) electrons. The predicted molar refractivity (Wildman–Crippen MR) is 97.2 cm³/mol. The van der Waals surface area contributed by atoms with Crippen LogP contribution < -0.4 is 10.6 Å². The Morgan fingerprint density at radius 1 is 1.30 bits per heavy atom. The summed E-state index contributed by atoms with van der Waals surface area (Å²) >= 11 is 5.26. The Kier molecular flexibility index (Phi) is 6.34. The van der Waals surface area contributed by atoms with E-state index in [0.29, 0.717) is 10.8 Å². The number of likely N-dealkylation sites (tertiary alicyclic amines) is 1. The third kappa shape index (κ3) is 5.13. The van der Waals surface area contributed by atoms with Crippen molar-refractivity contribution in [2.24, 2.45) is 0 Å². The lowest BCUT2D eigenvalue weighted by atomic mass is 10.3. The number of hydrogen-bond acceptors (Lipinski definition) is 4. The van der Waals surface area contributed by atoms with Crippen molar-refractivity contribution < 1.29 is 8.42 Å². The summed E-state index contributed by atoms with van der Waals surface area (Å²) in [4.78, 5) is 2.65. The Labute approximate surface area is 143 Å². The van der Waals surface area contributed by atoms with E-state index in [2.05, 4.69) is 15.5 Å². The molecule has 2 N–H and O–H groups in total. The van der Waals surface area contributed by atoms with Gasteiger partial charge in [0.2, 0.25) is 10.0 Å². The second-order valence-corrected chi connectivity index (χ2v) is 8.30. The van der Waals surface area contributed by atoms with Crippen LogP contribution in [0.5, 0.6) is 0 Å². The van der Waals surface area contributed by atoms with E-state index >= 15 is 0 Å². The monoisotopic (exact) mass is 356 g/mol. The number of nitrogens with one attached hydrogen (secondary N) is 2. The van der Waals surface area contributed by atoms with E-state index in [1.165, 1.54) is 31.2 Å². The molecule has 0 aromatic heterocycles. The van der Waals surface area contributed by atoms with Crippen LogP contribution in [0.1, 0.15) is 12.8 Å². The first kappa shape index (κ1) is 18.1. The van der Waals surface area contributed by atoms with Crippen LogP contribution in [0.25, 0.3) is 0 Å². The molecule has 0 aliphatic carbocycles. The summed E-state index contributed by atoms with van der Waals surface area (Å²) in [5.41, 5.74) is 0.659. The molecule has 2 rings (SSSR count). The van der Waals surface area contributed by atoms with Crippen molar-refractivity contribution >= 4 is 33.0 Å². The summed E-state index contributed by atoms with van der Waals surface area (Å²) in [5.74, 6) is 0. The van der Waals surface area contributed by atoms with Crippen LogP contribution in [0.3, 0.4) is 0 Å². The summed E-state index contributed by atoms with van der Waals surface area (Å²) in [6, 6.07) is 6.66. The molecule has 1 fully saturated rings. The number of anilines is 1. The van der Waals surface area contributed by atoms with Gasteiger partial charge in [-0.25, -0.2) is 12.7 Å². The minimum atomic E-state index is -3.44. The Bertz CT molecular complexity index is 641. The second kappa shape index (κ2) is 8.05. The molecule has 0 spiro atoms. The normalized spacial score (nSPS) is 15.8. The van der Waals surface area contributed by atoms with E-state index in [0.717, 1.165) is 26.2 Å². The summed E-state index contributed by atoms with van der Waals surface area (Å²) in [6.45, 7) is 4.07. The summed E-state index contributed by atoms with van der Waals surface area (Å²) in [7, 11) is -0.412. The number of benzene rings is 1. The van der Waals surface area contributed by atoms with Crippen LogP contribution in [-0.4, -0.2) is 63.0 Å². The predicted octanol–water partition coefficient (Wildman–Crippen LogP) is 1.32. The summed E-state index contributed by atoms with van der Waals surface area (Å²) in [6.07, 6.45) is 2.55. The molecular weight excluding hydrogens is 332 g/mol. The molecular formula is C15H24N4O2S2. The van der Waals surface area contributed by atoms with Crippen LogP contribution in [0.2, 0.25) is 0 Å². The maximum atomic E-state index is 12.1. The standard InChI is InChI=1S/C15H24N4O2S2/c1-18(2)23(20,21)14-7-5-6-13(12-14)17-15(22)16-8-11-19-9-3-4-10-19/h5-7,12H,3-4,8-11H2,1-2H3,(H2,16,17,22). The first-order chi connectivity index (χ1) is 10.9. The van der Waals surface area contributed by atoms with Crippen molar-refractivity contribution in [2.45, 2.75) is 17.7 Å². The fourth-order valence-corrected chi connectivity index (χ4v) is 3.62. The van der Waals surface area contributed by atoms with Crippen molar-refractivity contribution in [3.05, 3.63) is 24.3 Å². The summed E-state index contributed by atoms with van der Waals surface area (Å²) < 4.78 is 25.5. The average Bonchev–Trinajstić information content (AvgIpc) is 3.00. The van der Waals surface area contributed by atoms with Gasteiger partial charge in [0.15, 0.2) is 5.11 Å². The van der Waals surface area contributed by atoms with E-state index < -0.39 is 10.0 Å². The van der Waals surface area contributed by atoms with Crippen LogP contribution in [0, 0.1) is 0 Å². The topological polar surface area (TPSA) is 64.7 Å². The smallest absolute Gasteiger partial charge is 0.242 e.